The zero-order valence-electron chi connectivity index (χ0n) is 10.3. The number of amides is 1. The second kappa shape index (κ2) is 7.92. The molecule has 1 aliphatic heterocycles. The van der Waals surface area contributed by atoms with Crippen molar-refractivity contribution in [2.75, 3.05) is 44.7 Å². The van der Waals surface area contributed by atoms with Crippen molar-refractivity contribution < 1.29 is 4.79 Å². The first-order valence-corrected chi connectivity index (χ1v) is 7.37. The lowest BCUT2D eigenvalue weighted by molar-refractivity contribution is -0.122. The van der Waals surface area contributed by atoms with E-state index < -0.39 is 0 Å². The Morgan fingerprint density at radius 2 is 2.19 bits per heavy atom. The number of nitrogens with one attached hydrogen (secondary N) is 2. The number of piperazine rings is 1. The largest absolute Gasteiger partial charge is 0.351 e. The Balaban J connectivity index is 2.22. The summed E-state index contributed by atoms with van der Waals surface area (Å²) in [6.45, 7) is 6.61. The van der Waals surface area contributed by atoms with Crippen LogP contribution in [0.5, 0.6) is 0 Å². The maximum Gasteiger partial charge on any atom is 0.234 e. The summed E-state index contributed by atoms with van der Waals surface area (Å²) >= 11 is 1.78. The molecule has 1 aliphatic rings. The van der Waals surface area contributed by atoms with Crippen molar-refractivity contribution in [2.45, 2.75) is 19.4 Å². The van der Waals surface area contributed by atoms with Crippen LogP contribution in [-0.2, 0) is 4.79 Å². The predicted octanol–water partition coefficient (Wildman–Crippen LogP) is 0.149. The normalized spacial score (nSPS) is 19.4. The van der Waals surface area contributed by atoms with Gasteiger partial charge in [0.2, 0.25) is 5.91 Å². The van der Waals surface area contributed by atoms with Gasteiger partial charge in [-0.25, -0.2) is 0 Å². The van der Waals surface area contributed by atoms with Gasteiger partial charge >= 0.3 is 0 Å². The molecule has 1 atom stereocenters. The van der Waals surface area contributed by atoms with Crippen LogP contribution < -0.4 is 10.6 Å². The third kappa shape index (κ3) is 5.18. The number of nitrogens with zero attached hydrogens (tertiary/aromatic N) is 1. The lowest BCUT2D eigenvalue weighted by atomic mass is 10.2. The minimum atomic E-state index is 0.169. The molecule has 5 heteroatoms. The van der Waals surface area contributed by atoms with Crippen molar-refractivity contribution in [3.63, 3.8) is 0 Å². The highest BCUT2D eigenvalue weighted by Gasteiger charge is 2.15. The zero-order valence-corrected chi connectivity index (χ0v) is 11.1. The summed E-state index contributed by atoms with van der Waals surface area (Å²) in [6.07, 6.45) is 3.08. The molecule has 4 nitrogen and oxygen atoms in total. The first-order valence-electron chi connectivity index (χ1n) is 5.97. The lowest BCUT2D eigenvalue weighted by Crippen LogP contribution is -2.49. The highest BCUT2D eigenvalue weighted by atomic mass is 32.2. The zero-order chi connectivity index (χ0) is 11.8. The fourth-order valence-electron chi connectivity index (χ4n) is 1.81. The number of carbonyl (C=O) groups is 1. The van der Waals surface area contributed by atoms with Crippen LogP contribution in [0.4, 0.5) is 0 Å². The lowest BCUT2D eigenvalue weighted by Gasteiger charge is -2.27. The van der Waals surface area contributed by atoms with E-state index in [2.05, 4.69) is 28.7 Å². The fraction of sp³-hybridized carbons (Fsp3) is 0.909. The van der Waals surface area contributed by atoms with E-state index in [4.69, 9.17) is 0 Å². The molecule has 2 N–H and O–H groups in total. The van der Waals surface area contributed by atoms with Gasteiger partial charge in [0, 0.05) is 38.0 Å². The topological polar surface area (TPSA) is 44.4 Å². The van der Waals surface area contributed by atoms with Gasteiger partial charge in [-0.05, 0) is 12.7 Å². The summed E-state index contributed by atoms with van der Waals surface area (Å²) in [5.41, 5.74) is 0. The third-order valence-corrected chi connectivity index (χ3v) is 3.54. The van der Waals surface area contributed by atoms with Crippen LogP contribution in [0.2, 0.25) is 0 Å². The molecular formula is C11H23N3OS. The quantitative estimate of drug-likeness (QED) is 0.699. The maximum atomic E-state index is 11.8. The van der Waals surface area contributed by atoms with Crippen molar-refractivity contribution in [1.82, 2.24) is 15.5 Å². The molecule has 1 amide bonds. The van der Waals surface area contributed by atoms with E-state index in [1.807, 2.05) is 0 Å². The molecule has 0 bridgehead atoms. The summed E-state index contributed by atoms with van der Waals surface area (Å²) in [5.74, 6) is 1.17. The van der Waals surface area contributed by atoms with Crippen LogP contribution in [0, 0.1) is 0 Å². The van der Waals surface area contributed by atoms with Crippen LogP contribution in [0.3, 0.4) is 0 Å². The van der Waals surface area contributed by atoms with Gasteiger partial charge in [-0.15, -0.1) is 0 Å². The Bertz CT molecular complexity index is 199. The third-order valence-electron chi connectivity index (χ3n) is 2.80. The molecule has 94 valence electrons. The Morgan fingerprint density at radius 3 is 2.75 bits per heavy atom. The monoisotopic (exact) mass is 245 g/mol. The van der Waals surface area contributed by atoms with Crippen LogP contribution in [-0.4, -0.2) is 61.6 Å². The molecule has 0 aromatic rings. The molecule has 0 aromatic heterocycles. The summed E-state index contributed by atoms with van der Waals surface area (Å²) in [7, 11) is 0. The highest BCUT2D eigenvalue weighted by molar-refractivity contribution is 7.98. The summed E-state index contributed by atoms with van der Waals surface area (Å²) < 4.78 is 0. The Labute approximate surface area is 103 Å². The van der Waals surface area contributed by atoms with E-state index in [1.165, 1.54) is 0 Å². The molecule has 1 saturated heterocycles. The first kappa shape index (κ1) is 13.8. The van der Waals surface area contributed by atoms with Crippen LogP contribution in [0.1, 0.15) is 13.3 Å². The van der Waals surface area contributed by atoms with Crippen molar-refractivity contribution >= 4 is 17.7 Å². The van der Waals surface area contributed by atoms with Crippen molar-refractivity contribution in [3.8, 4) is 0 Å². The molecular weight excluding hydrogens is 222 g/mol. The molecule has 0 spiro atoms. The average Bonchev–Trinajstić information content (AvgIpc) is 2.29. The Hall–Kier alpha value is -0.260. The van der Waals surface area contributed by atoms with Gasteiger partial charge in [-0.3, -0.25) is 9.69 Å². The second-order valence-corrected chi connectivity index (χ2v) is 5.06. The standard InChI is InChI=1S/C11H23N3OS/c1-3-10(9-16-2)13-11(15)8-14-6-4-12-5-7-14/h10,12H,3-9H2,1-2H3,(H,13,15). The number of rotatable bonds is 6. The Morgan fingerprint density at radius 1 is 1.50 bits per heavy atom. The molecule has 0 radical (unpaired) electrons. The predicted molar refractivity (Wildman–Crippen MR) is 69.9 cm³/mol. The second-order valence-electron chi connectivity index (χ2n) is 4.15. The average molecular weight is 245 g/mol. The van der Waals surface area contributed by atoms with Gasteiger partial charge in [-0.1, -0.05) is 6.92 Å². The van der Waals surface area contributed by atoms with Gasteiger partial charge in [0.15, 0.2) is 0 Å². The van der Waals surface area contributed by atoms with E-state index in [9.17, 15) is 4.79 Å². The minimum Gasteiger partial charge on any atom is -0.351 e. The van der Waals surface area contributed by atoms with Crippen LogP contribution >= 0.6 is 11.8 Å². The smallest absolute Gasteiger partial charge is 0.234 e. The van der Waals surface area contributed by atoms with Crippen molar-refractivity contribution in [3.05, 3.63) is 0 Å². The first-order chi connectivity index (χ1) is 7.76. The van der Waals surface area contributed by atoms with E-state index in [1.54, 1.807) is 11.8 Å². The van der Waals surface area contributed by atoms with Gasteiger partial charge < -0.3 is 10.6 Å². The van der Waals surface area contributed by atoms with Gasteiger partial charge in [0.05, 0.1) is 6.54 Å². The molecule has 1 heterocycles. The van der Waals surface area contributed by atoms with E-state index in [0.29, 0.717) is 12.6 Å². The Kier molecular flexibility index (Phi) is 6.84. The SMILES string of the molecule is CCC(CSC)NC(=O)CN1CCNCC1. The number of thioether (sulfide) groups is 1. The van der Waals surface area contributed by atoms with Gasteiger partial charge in [0.25, 0.3) is 0 Å². The van der Waals surface area contributed by atoms with E-state index in [-0.39, 0.29) is 5.91 Å². The fourth-order valence-corrected chi connectivity index (χ4v) is 2.53. The van der Waals surface area contributed by atoms with Gasteiger partial charge in [-0.2, -0.15) is 11.8 Å². The summed E-state index contributed by atoms with van der Waals surface area (Å²) in [5, 5.41) is 6.38. The molecule has 0 saturated carbocycles. The minimum absolute atomic E-state index is 0.169. The van der Waals surface area contributed by atoms with Crippen LogP contribution in [0.15, 0.2) is 0 Å². The summed E-state index contributed by atoms with van der Waals surface area (Å²) in [6, 6.07) is 0.324. The molecule has 0 aliphatic carbocycles. The number of carbonyl (C=O) groups excluding carboxylic acids is 1. The van der Waals surface area contributed by atoms with E-state index >= 15 is 0 Å². The number of hydrogen-bond donors (Lipinski definition) is 2. The molecule has 1 rings (SSSR count). The van der Waals surface area contributed by atoms with Gasteiger partial charge in [0.1, 0.15) is 0 Å². The summed E-state index contributed by atoms with van der Waals surface area (Å²) in [4.78, 5) is 14.0. The number of hydrogen-bond acceptors (Lipinski definition) is 4. The molecule has 1 unspecified atom stereocenters. The molecule has 0 aromatic carbocycles. The van der Waals surface area contributed by atoms with Crippen LogP contribution in [0.25, 0.3) is 0 Å². The molecule has 1 fully saturated rings. The molecule has 16 heavy (non-hydrogen) atoms. The highest BCUT2D eigenvalue weighted by Crippen LogP contribution is 2.01. The van der Waals surface area contributed by atoms with Crippen molar-refractivity contribution in [1.29, 1.82) is 0 Å². The maximum absolute atomic E-state index is 11.8. The van der Waals surface area contributed by atoms with Crippen molar-refractivity contribution in [2.24, 2.45) is 0 Å². The van der Waals surface area contributed by atoms with E-state index in [0.717, 1.165) is 38.4 Å².